The second kappa shape index (κ2) is 4.45. The van der Waals surface area contributed by atoms with Gasteiger partial charge in [0.15, 0.2) is 6.10 Å². The van der Waals surface area contributed by atoms with Crippen molar-refractivity contribution in [1.29, 1.82) is 0 Å². The Kier molecular flexibility index (Phi) is 3.90. The largest absolute Gasteiger partial charge is 0.479 e. The van der Waals surface area contributed by atoms with Crippen molar-refractivity contribution in [2.24, 2.45) is 0 Å². The van der Waals surface area contributed by atoms with E-state index in [0.717, 1.165) is 6.08 Å². The first-order valence-corrected chi connectivity index (χ1v) is 2.89. The number of aliphatic carboxylic acids is 1. The van der Waals surface area contributed by atoms with E-state index in [9.17, 15) is 9.59 Å². The highest BCUT2D eigenvalue weighted by molar-refractivity contribution is 5.87. The Balaban J connectivity index is 3.62. The zero-order chi connectivity index (χ0) is 8.85. The fourth-order valence-corrected chi connectivity index (χ4v) is 0.357. The summed E-state index contributed by atoms with van der Waals surface area (Å²) in [6.45, 7) is 2.84. The first kappa shape index (κ1) is 9.64. The maximum atomic E-state index is 10.4. The third kappa shape index (κ3) is 4.10. The van der Waals surface area contributed by atoms with Gasteiger partial charge in [-0.25, -0.2) is 4.79 Å². The van der Waals surface area contributed by atoms with Gasteiger partial charge in [-0.2, -0.15) is 0 Å². The summed E-state index contributed by atoms with van der Waals surface area (Å²) in [6, 6.07) is 0. The number of hydrogen-bond acceptors (Lipinski definition) is 3. The van der Waals surface area contributed by atoms with Crippen LogP contribution in [0.5, 0.6) is 0 Å². The molecule has 0 fully saturated rings. The summed E-state index contributed by atoms with van der Waals surface area (Å²) in [5, 5.41) is 18.9. The Labute approximate surface area is 63.3 Å². The number of nitrogens with one attached hydrogen (secondary N) is 1. The first-order valence-electron chi connectivity index (χ1n) is 2.89. The molecule has 0 heterocycles. The predicted molar refractivity (Wildman–Crippen MR) is 36.8 cm³/mol. The fourth-order valence-electron chi connectivity index (χ4n) is 0.357. The summed E-state index contributed by atoms with van der Waals surface area (Å²) in [4.78, 5) is 20.4. The second-order valence-electron chi connectivity index (χ2n) is 1.80. The van der Waals surface area contributed by atoms with Crippen molar-refractivity contribution < 1.29 is 19.8 Å². The average molecular weight is 159 g/mol. The van der Waals surface area contributed by atoms with Gasteiger partial charge in [0.05, 0.1) is 6.54 Å². The van der Waals surface area contributed by atoms with E-state index < -0.39 is 18.0 Å². The zero-order valence-electron chi connectivity index (χ0n) is 5.78. The molecule has 0 saturated heterocycles. The molecule has 3 N–H and O–H groups in total. The standard InChI is InChI=1S/C6H9NO4/c1-2-5(9)7-3-4(8)6(10)11/h2,4,8H,1,3H2,(H,7,9)(H,10,11). The summed E-state index contributed by atoms with van der Waals surface area (Å²) in [7, 11) is 0. The lowest BCUT2D eigenvalue weighted by molar-refractivity contribution is -0.146. The van der Waals surface area contributed by atoms with Crippen LogP contribution in [0.2, 0.25) is 0 Å². The van der Waals surface area contributed by atoms with Crippen molar-refractivity contribution >= 4 is 11.9 Å². The van der Waals surface area contributed by atoms with Crippen LogP contribution >= 0.6 is 0 Å². The highest BCUT2D eigenvalue weighted by Crippen LogP contribution is 1.79. The molecule has 0 aliphatic heterocycles. The quantitative estimate of drug-likeness (QED) is 0.446. The molecule has 0 rings (SSSR count). The van der Waals surface area contributed by atoms with Gasteiger partial charge in [-0.1, -0.05) is 6.58 Å². The molecule has 11 heavy (non-hydrogen) atoms. The molecule has 0 spiro atoms. The van der Waals surface area contributed by atoms with Gasteiger partial charge in [-0.05, 0) is 6.08 Å². The summed E-state index contributed by atoms with van der Waals surface area (Å²) < 4.78 is 0. The minimum Gasteiger partial charge on any atom is -0.479 e. The van der Waals surface area contributed by atoms with E-state index in [0.29, 0.717) is 0 Å². The molecule has 5 heteroatoms. The molecular weight excluding hydrogens is 150 g/mol. The molecule has 0 aromatic rings. The minimum absolute atomic E-state index is 0.305. The number of carbonyl (C=O) groups is 2. The minimum atomic E-state index is -1.56. The van der Waals surface area contributed by atoms with E-state index >= 15 is 0 Å². The lowest BCUT2D eigenvalue weighted by Crippen LogP contribution is -2.35. The maximum absolute atomic E-state index is 10.4. The van der Waals surface area contributed by atoms with Crippen LogP contribution in [-0.2, 0) is 9.59 Å². The van der Waals surface area contributed by atoms with Gasteiger partial charge < -0.3 is 15.5 Å². The molecule has 0 aromatic heterocycles. The smallest absolute Gasteiger partial charge is 0.334 e. The SMILES string of the molecule is C=CC(=O)NCC(O)C(=O)O. The molecule has 1 amide bonds. The van der Waals surface area contributed by atoms with Crippen LogP contribution in [0.4, 0.5) is 0 Å². The van der Waals surface area contributed by atoms with E-state index in [1.165, 1.54) is 0 Å². The van der Waals surface area contributed by atoms with Gasteiger partial charge in [0.25, 0.3) is 0 Å². The lowest BCUT2D eigenvalue weighted by Gasteiger charge is -2.04. The molecule has 0 bridgehead atoms. The van der Waals surface area contributed by atoms with Crippen molar-refractivity contribution in [3.63, 3.8) is 0 Å². The van der Waals surface area contributed by atoms with Gasteiger partial charge >= 0.3 is 5.97 Å². The van der Waals surface area contributed by atoms with Crippen molar-refractivity contribution in [1.82, 2.24) is 5.32 Å². The van der Waals surface area contributed by atoms with Crippen LogP contribution in [0.1, 0.15) is 0 Å². The summed E-state index contributed by atoms with van der Waals surface area (Å²) >= 11 is 0. The summed E-state index contributed by atoms with van der Waals surface area (Å²) in [6.07, 6.45) is -0.562. The van der Waals surface area contributed by atoms with Crippen molar-refractivity contribution in [2.45, 2.75) is 6.10 Å². The van der Waals surface area contributed by atoms with Crippen LogP contribution in [0, 0.1) is 0 Å². The van der Waals surface area contributed by atoms with Crippen LogP contribution in [0.25, 0.3) is 0 Å². The topological polar surface area (TPSA) is 86.6 Å². The van der Waals surface area contributed by atoms with Crippen molar-refractivity contribution in [3.05, 3.63) is 12.7 Å². The van der Waals surface area contributed by atoms with Crippen LogP contribution in [0.3, 0.4) is 0 Å². The number of carbonyl (C=O) groups excluding carboxylic acids is 1. The Morgan fingerprint density at radius 1 is 1.64 bits per heavy atom. The molecule has 0 radical (unpaired) electrons. The summed E-state index contributed by atoms with van der Waals surface area (Å²) in [5.74, 6) is -1.88. The molecule has 1 atom stereocenters. The number of hydrogen-bond donors (Lipinski definition) is 3. The van der Waals surface area contributed by atoms with Gasteiger partial charge in [0.2, 0.25) is 5.91 Å². The number of aliphatic hydroxyl groups is 1. The van der Waals surface area contributed by atoms with Crippen molar-refractivity contribution in [2.75, 3.05) is 6.54 Å². The van der Waals surface area contributed by atoms with Crippen molar-refractivity contribution in [3.8, 4) is 0 Å². The van der Waals surface area contributed by atoms with Crippen LogP contribution in [-0.4, -0.2) is 34.7 Å². The van der Waals surface area contributed by atoms with E-state index in [1.54, 1.807) is 0 Å². The molecule has 5 nitrogen and oxygen atoms in total. The molecule has 0 aliphatic rings. The van der Waals surface area contributed by atoms with Gasteiger partial charge in [0, 0.05) is 0 Å². The zero-order valence-corrected chi connectivity index (χ0v) is 5.78. The van der Waals surface area contributed by atoms with E-state index in [2.05, 4.69) is 11.9 Å². The number of carboxylic acids is 1. The third-order valence-electron chi connectivity index (χ3n) is 0.940. The molecule has 1 unspecified atom stereocenters. The lowest BCUT2D eigenvalue weighted by atomic mass is 10.3. The van der Waals surface area contributed by atoms with E-state index in [4.69, 9.17) is 10.2 Å². The Hall–Kier alpha value is -1.36. The van der Waals surface area contributed by atoms with Crippen LogP contribution in [0.15, 0.2) is 12.7 Å². The van der Waals surface area contributed by atoms with E-state index in [-0.39, 0.29) is 6.54 Å². The second-order valence-corrected chi connectivity index (χ2v) is 1.80. The predicted octanol–water partition coefficient (Wildman–Crippen LogP) is -1.27. The Bertz CT molecular complexity index is 177. The number of carboxylic acid groups (broad SMARTS) is 1. The van der Waals surface area contributed by atoms with Gasteiger partial charge in [-0.3, -0.25) is 4.79 Å². The number of rotatable bonds is 4. The molecule has 0 aromatic carbocycles. The van der Waals surface area contributed by atoms with Crippen LogP contribution < -0.4 is 5.32 Å². The maximum Gasteiger partial charge on any atom is 0.334 e. The summed E-state index contributed by atoms with van der Waals surface area (Å²) in [5.41, 5.74) is 0. The monoisotopic (exact) mass is 159 g/mol. The fraction of sp³-hybridized carbons (Fsp3) is 0.333. The molecular formula is C6H9NO4. The highest BCUT2D eigenvalue weighted by Gasteiger charge is 2.12. The molecule has 0 saturated carbocycles. The third-order valence-corrected chi connectivity index (χ3v) is 0.940. The average Bonchev–Trinajstić information content (AvgIpc) is 1.99. The van der Waals surface area contributed by atoms with E-state index in [1.807, 2.05) is 0 Å². The van der Waals surface area contributed by atoms with Gasteiger partial charge in [0.1, 0.15) is 0 Å². The number of aliphatic hydroxyl groups excluding tert-OH is 1. The molecule has 0 aliphatic carbocycles. The van der Waals surface area contributed by atoms with Gasteiger partial charge in [-0.15, -0.1) is 0 Å². The Morgan fingerprint density at radius 3 is 2.55 bits per heavy atom. The number of amides is 1. The molecule has 62 valence electrons. The Morgan fingerprint density at radius 2 is 2.18 bits per heavy atom. The highest BCUT2D eigenvalue weighted by atomic mass is 16.4. The first-order chi connectivity index (χ1) is 5.07. The normalized spacial score (nSPS) is 11.7.